The molecule has 0 N–H and O–H groups in total. The van der Waals surface area contributed by atoms with Crippen molar-refractivity contribution in [2.45, 2.75) is 0 Å². The molecule has 0 unspecified atom stereocenters. The Morgan fingerprint density at radius 1 is 0.400 bits per heavy atom. The number of hydrogen-bond donors (Lipinski definition) is 0. The van der Waals surface area contributed by atoms with Crippen molar-refractivity contribution in [2.24, 2.45) is 0 Å². The smallest absolute Gasteiger partial charge is 0.171 e. The van der Waals surface area contributed by atoms with Crippen LogP contribution in [0.3, 0.4) is 0 Å². The van der Waals surface area contributed by atoms with Crippen molar-refractivity contribution in [3.05, 3.63) is 194 Å². The first-order chi connectivity index (χ1) is 24.7. The summed E-state index contributed by atoms with van der Waals surface area (Å²) in [5.74, 6) is 0. The highest BCUT2D eigenvalue weighted by molar-refractivity contribution is 7.85. The normalized spacial score (nSPS) is 11.7. The second-order valence-corrected chi connectivity index (χ2v) is 15.4. The molecule has 0 bridgehead atoms. The molecule has 0 saturated carbocycles. The molecule has 50 heavy (non-hydrogen) atoms. The second kappa shape index (κ2) is 12.4. The number of rotatable bonds is 6. The Balaban J connectivity index is 1.17. The number of nitrogens with zero attached hydrogens (tertiary/aromatic N) is 1. The predicted molar refractivity (Wildman–Crippen MR) is 212 cm³/mol. The fourth-order valence-electron chi connectivity index (χ4n) is 7.33. The van der Waals surface area contributed by atoms with Crippen molar-refractivity contribution in [3.63, 3.8) is 0 Å². The summed E-state index contributed by atoms with van der Waals surface area (Å²) < 4.78 is 15.4. The van der Waals surface area contributed by atoms with Crippen LogP contribution in [0.5, 0.6) is 0 Å². The fourth-order valence-corrected chi connectivity index (χ4v) is 10.2. The molecule has 0 aliphatic heterocycles. The van der Waals surface area contributed by atoms with E-state index in [0.29, 0.717) is 0 Å². The molecule has 9 aromatic rings. The first-order valence-corrected chi connectivity index (χ1v) is 18.6. The number of fused-ring (bicyclic) bond motifs is 4. The van der Waals surface area contributed by atoms with Gasteiger partial charge in [-0.2, -0.15) is 0 Å². The monoisotopic (exact) mass is 657 g/mol. The van der Waals surface area contributed by atoms with Gasteiger partial charge in [0.1, 0.15) is 0 Å². The molecular formula is C47H32NOP. The van der Waals surface area contributed by atoms with Gasteiger partial charge in [-0.05, 0) is 62.0 Å². The quantitative estimate of drug-likeness (QED) is 0.132. The van der Waals surface area contributed by atoms with Gasteiger partial charge in [0.25, 0.3) is 0 Å². The average Bonchev–Trinajstić information content (AvgIpc) is 3.20. The molecule has 0 aliphatic carbocycles. The van der Waals surface area contributed by atoms with E-state index in [2.05, 4.69) is 127 Å². The van der Waals surface area contributed by atoms with Crippen LogP contribution in [0.1, 0.15) is 0 Å². The SMILES string of the molecule is O=P(c1ccccc1)(c1ccccc1)c1ccc(-c2ccc(-c3cc(-c4ccccc4)c4c(ccc5ccccc54)n3)cc2)c2ccccc12. The van der Waals surface area contributed by atoms with Gasteiger partial charge in [-0.3, -0.25) is 0 Å². The molecule has 236 valence electrons. The lowest BCUT2D eigenvalue weighted by Gasteiger charge is -2.22. The molecule has 8 aromatic carbocycles. The highest BCUT2D eigenvalue weighted by Gasteiger charge is 2.31. The topological polar surface area (TPSA) is 30.0 Å². The highest BCUT2D eigenvalue weighted by atomic mass is 31.2. The molecular weight excluding hydrogens is 625 g/mol. The first-order valence-electron chi connectivity index (χ1n) is 16.9. The van der Waals surface area contributed by atoms with Crippen LogP contribution in [-0.4, -0.2) is 4.98 Å². The van der Waals surface area contributed by atoms with Crippen molar-refractivity contribution in [3.8, 4) is 33.5 Å². The number of hydrogen-bond acceptors (Lipinski definition) is 2. The lowest BCUT2D eigenvalue weighted by Crippen LogP contribution is -2.25. The third kappa shape index (κ3) is 5.05. The minimum Gasteiger partial charge on any atom is -0.309 e. The summed E-state index contributed by atoms with van der Waals surface area (Å²) >= 11 is 0. The van der Waals surface area contributed by atoms with E-state index in [1.54, 1.807) is 0 Å². The zero-order valence-electron chi connectivity index (χ0n) is 27.3. The molecule has 0 saturated heterocycles. The van der Waals surface area contributed by atoms with Gasteiger partial charge in [-0.25, -0.2) is 4.98 Å². The molecule has 1 heterocycles. The van der Waals surface area contributed by atoms with E-state index < -0.39 is 7.14 Å². The molecule has 2 nitrogen and oxygen atoms in total. The predicted octanol–water partition coefficient (Wildman–Crippen LogP) is 11.2. The van der Waals surface area contributed by atoms with Gasteiger partial charge in [0.05, 0.1) is 11.2 Å². The Morgan fingerprint density at radius 3 is 1.62 bits per heavy atom. The van der Waals surface area contributed by atoms with Crippen LogP contribution in [0.2, 0.25) is 0 Å². The Kier molecular flexibility index (Phi) is 7.46. The van der Waals surface area contributed by atoms with E-state index in [1.807, 2.05) is 66.7 Å². The third-order valence-electron chi connectivity index (χ3n) is 9.75. The molecule has 0 radical (unpaired) electrons. The van der Waals surface area contributed by atoms with Gasteiger partial charge < -0.3 is 4.57 Å². The van der Waals surface area contributed by atoms with Crippen molar-refractivity contribution < 1.29 is 4.57 Å². The molecule has 0 aliphatic rings. The van der Waals surface area contributed by atoms with E-state index in [1.165, 1.54) is 27.3 Å². The maximum absolute atomic E-state index is 15.4. The fraction of sp³-hybridized carbons (Fsp3) is 0. The van der Waals surface area contributed by atoms with Gasteiger partial charge in [-0.15, -0.1) is 0 Å². The zero-order valence-corrected chi connectivity index (χ0v) is 28.2. The van der Waals surface area contributed by atoms with Crippen molar-refractivity contribution in [1.29, 1.82) is 0 Å². The van der Waals surface area contributed by atoms with E-state index in [-0.39, 0.29) is 0 Å². The van der Waals surface area contributed by atoms with Crippen LogP contribution < -0.4 is 15.9 Å². The highest BCUT2D eigenvalue weighted by Crippen LogP contribution is 2.46. The van der Waals surface area contributed by atoms with Crippen LogP contribution in [-0.2, 0) is 4.57 Å². The molecule has 0 fully saturated rings. The molecule has 1 aromatic heterocycles. The zero-order chi connectivity index (χ0) is 33.5. The number of aromatic nitrogens is 1. The molecule has 0 amide bonds. The summed E-state index contributed by atoms with van der Waals surface area (Å²) in [6.07, 6.45) is 0. The summed E-state index contributed by atoms with van der Waals surface area (Å²) in [6, 6.07) is 66.7. The van der Waals surface area contributed by atoms with Gasteiger partial charge >= 0.3 is 0 Å². The van der Waals surface area contributed by atoms with Gasteiger partial charge in [0.2, 0.25) is 0 Å². The van der Waals surface area contributed by atoms with Crippen molar-refractivity contribution >= 4 is 55.5 Å². The van der Waals surface area contributed by atoms with Gasteiger partial charge in [0.15, 0.2) is 7.14 Å². The van der Waals surface area contributed by atoms with E-state index in [4.69, 9.17) is 4.98 Å². The maximum Gasteiger partial charge on any atom is 0.171 e. The van der Waals surface area contributed by atoms with Crippen LogP contribution in [0.15, 0.2) is 194 Å². The standard InChI is InChI=1S/C47H32NOP/c49-50(37-17-6-2-7-18-37,38-19-8-3-9-20-38)46-31-29-39(41-22-12-13-23-42(41)46)35-24-26-36(27-25-35)45-32-43(33-14-4-1-5-15-33)47-40-21-11-10-16-34(40)28-30-44(47)48-45/h1-32H. The number of pyridine rings is 1. The Labute approximate surface area is 291 Å². The van der Waals surface area contributed by atoms with Gasteiger partial charge in [-0.1, -0.05) is 176 Å². The van der Waals surface area contributed by atoms with Crippen LogP contribution in [0, 0.1) is 0 Å². The number of benzene rings is 8. The Hall–Kier alpha value is -6.08. The van der Waals surface area contributed by atoms with Crippen molar-refractivity contribution in [1.82, 2.24) is 4.98 Å². The summed E-state index contributed by atoms with van der Waals surface area (Å²) in [7, 11) is -3.16. The second-order valence-electron chi connectivity index (χ2n) is 12.6. The van der Waals surface area contributed by atoms with E-state index in [0.717, 1.165) is 54.6 Å². The maximum atomic E-state index is 15.4. The van der Waals surface area contributed by atoms with Crippen LogP contribution in [0.25, 0.3) is 66.0 Å². The Bertz CT molecular complexity index is 2660. The average molecular weight is 658 g/mol. The molecule has 9 rings (SSSR count). The third-order valence-corrected chi connectivity index (χ3v) is 12.9. The van der Waals surface area contributed by atoms with Gasteiger partial charge in [0, 0.05) is 26.9 Å². The van der Waals surface area contributed by atoms with Crippen LogP contribution in [0.4, 0.5) is 0 Å². The Morgan fingerprint density at radius 2 is 0.940 bits per heavy atom. The lowest BCUT2D eigenvalue weighted by atomic mass is 9.93. The van der Waals surface area contributed by atoms with Crippen LogP contribution >= 0.6 is 7.14 Å². The van der Waals surface area contributed by atoms with E-state index in [9.17, 15) is 0 Å². The summed E-state index contributed by atoms with van der Waals surface area (Å²) in [5, 5.41) is 8.18. The molecule has 3 heteroatoms. The molecule has 0 spiro atoms. The van der Waals surface area contributed by atoms with Crippen molar-refractivity contribution in [2.75, 3.05) is 0 Å². The molecule has 0 atom stereocenters. The minimum absolute atomic E-state index is 0.833. The van der Waals surface area contributed by atoms with E-state index >= 15 is 4.57 Å². The minimum atomic E-state index is -3.16. The summed E-state index contributed by atoms with van der Waals surface area (Å²) in [6.45, 7) is 0. The lowest BCUT2D eigenvalue weighted by molar-refractivity contribution is 0.592. The summed E-state index contributed by atoms with van der Waals surface area (Å²) in [5.41, 5.74) is 7.52. The first kappa shape index (κ1) is 30.0. The summed E-state index contributed by atoms with van der Waals surface area (Å²) in [4.78, 5) is 5.20. The largest absolute Gasteiger partial charge is 0.309 e.